The highest BCUT2D eigenvalue weighted by Gasteiger charge is 2.16. The van der Waals surface area contributed by atoms with E-state index in [0.717, 1.165) is 31.6 Å². The molecule has 76 valence electrons. The standard InChI is InChI=1S/C9H14N4O/c10-8-4-7(12-9(14)13-8)6-2-1-3-11-5-6/h4,6,11H,1-3,5H2,(H3,10,12,13,14). The molecule has 5 heteroatoms. The Morgan fingerprint density at radius 3 is 3.07 bits per heavy atom. The van der Waals surface area contributed by atoms with Gasteiger partial charge in [-0.05, 0) is 19.4 Å². The molecular weight excluding hydrogens is 180 g/mol. The van der Waals surface area contributed by atoms with Crippen LogP contribution in [0.5, 0.6) is 0 Å². The quantitative estimate of drug-likeness (QED) is 0.579. The molecule has 1 aliphatic rings. The van der Waals surface area contributed by atoms with E-state index in [1.54, 1.807) is 6.07 Å². The zero-order valence-electron chi connectivity index (χ0n) is 7.92. The number of nitrogens with zero attached hydrogens (tertiary/aromatic N) is 1. The Morgan fingerprint density at radius 2 is 2.43 bits per heavy atom. The minimum Gasteiger partial charge on any atom is -0.383 e. The number of aromatic amines is 1. The van der Waals surface area contributed by atoms with Gasteiger partial charge in [-0.2, -0.15) is 4.98 Å². The molecule has 2 rings (SSSR count). The molecule has 1 aromatic heterocycles. The summed E-state index contributed by atoms with van der Waals surface area (Å²) in [5.74, 6) is 0.663. The summed E-state index contributed by atoms with van der Waals surface area (Å²) in [6.07, 6.45) is 2.22. The molecule has 1 atom stereocenters. The highest BCUT2D eigenvalue weighted by Crippen LogP contribution is 2.20. The first kappa shape index (κ1) is 9.21. The number of anilines is 1. The molecule has 2 heterocycles. The van der Waals surface area contributed by atoms with Crippen LogP contribution in [0.3, 0.4) is 0 Å². The summed E-state index contributed by atoms with van der Waals surface area (Å²) < 4.78 is 0. The van der Waals surface area contributed by atoms with Gasteiger partial charge in [-0.15, -0.1) is 0 Å². The first-order valence-electron chi connectivity index (χ1n) is 4.83. The van der Waals surface area contributed by atoms with Crippen molar-refractivity contribution in [2.45, 2.75) is 18.8 Å². The number of nitrogens with two attached hydrogens (primary N) is 1. The Balaban J connectivity index is 2.26. The SMILES string of the molecule is Nc1cc(C2CCCNC2)[nH]c(=O)n1. The van der Waals surface area contributed by atoms with E-state index in [0.29, 0.717) is 11.7 Å². The molecule has 5 nitrogen and oxygen atoms in total. The van der Waals surface area contributed by atoms with Crippen molar-refractivity contribution in [1.29, 1.82) is 0 Å². The first-order chi connectivity index (χ1) is 6.75. The van der Waals surface area contributed by atoms with Gasteiger partial charge < -0.3 is 16.0 Å². The summed E-state index contributed by atoms with van der Waals surface area (Å²) in [6.45, 7) is 1.96. The lowest BCUT2D eigenvalue weighted by Crippen LogP contribution is -2.30. The van der Waals surface area contributed by atoms with Gasteiger partial charge >= 0.3 is 5.69 Å². The average molecular weight is 194 g/mol. The Bertz CT molecular complexity index is 367. The number of nitrogens with one attached hydrogen (secondary N) is 2. The lowest BCUT2D eigenvalue weighted by Gasteiger charge is -2.22. The highest BCUT2D eigenvalue weighted by atomic mass is 16.1. The molecule has 14 heavy (non-hydrogen) atoms. The van der Waals surface area contributed by atoms with Crippen molar-refractivity contribution in [3.63, 3.8) is 0 Å². The van der Waals surface area contributed by atoms with E-state index in [1.807, 2.05) is 0 Å². The van der Waals surface area contributed by atoms with Gasteiger partial charge in [-0.3, -0.25) is 0 Å². The molecule has 0 radical (unpaired) electrons. The van der Waals surface area contributed by atoms with Crippen molar-refractivity contribution in [3.05, 3.63) is 22.2 Å². The van der Waals surface area contributed by atoms with Crippen LogP contribution in [0.4, 0.5) is 5.82 Å². The Kier molecular flexibility index (Phi) is 2.49. The van der Waals surface area contributed by atoms with Gasteiger partial charge in [0, 0.05) is 24.2 Å². The molecule has 0 saturated carbocycles. The van der Waals surface area contributed by atoms with Gasteiger partial charge in [0.1, 0.15) is 5.82 Å². The molecule has 0 aliphatic carbocycles. The lowest BCUT2D eigenvalue weighted by molar-refractivity contribution is 0.453. The van der Waals surface area contributed by atoms with E-state index in [4.69, 9.17) is 5.73 Å². The molecule has 1 fully saturated rings. The summed E-state index contributed by atoms with van der Waals surface area (Å²) in [5.41, 5.74) is 6.06. The topological polar surface area (TPSA) is 83.8 Å². The number of rotatable bonds is 1. The fourth-order valence-electron chi connectivity index (χ4n) is 1.83. The summed E-state index contributed by atoms with van der Waals surface area (Å²) in [5, 5.41) is 3.29. The normalized spacial score (nSPS) is 22.1. The number of H-pyrrole nitrogens is 1. The first-order valence-corrected chi connectivity index (χ1v) is 4.83. The monoisotopic (exact) mass is 194 g/mol. The zero-order valence-corrected chi connectivity index (χ0v) is 7.92. The Hall–Kier alpha value is -1.36. The van der Waals surface area contributed by atoms with Crippen LogP contribution in [-0.2, 0) is 0 Å². The summed E-state index contributed by atoms with van der Waals surface area (Å²) in [7, 11) is 0. The molecule has 1 aromatic rings. The van der Waals surface area contributed by atoms with Gasteiger partial charge in [-0.25, -0.2) is 4.79 Å². The van der Waals surface area contributed by atoms with Crippen LogP contribution in [0.2, 0.25) is 0 Å². The Morgan fingerprint density at radius 1 is 1.57 bits per heavy atom. The van der Waals surface area contributed by atoms with E-state index in [-0.39, 0.29) is 5.69 Å². The average Bonchev–Trinajstić information content (AvgIpc) is 2.18. The number of aromatic nitrogens is 2. The van der Waals surface area contributed by atoms with E-state index >= 15 is 0 Å². The predicted molar refractivity (Wildman–Crippen MR) is 54.1 cm³/mol. The molecule has 1 aliphatic heterocycles. The minimum absolute atomic E-state index is 0.300. The maximum Gasteiger partial charge on any atom is 0.347 e. The number of hydrogen-bond acceptors (Lipinski definition) is 4. The van der Waals surface area contributed by atoms with Crippen molar-refractivity contribution in [3.8, 4) is 0 Å². The van der Waals surface area contributed by atoms with E-state index in [2.05, 4.69) is 15.3 Å². The molecule has 0 spiro atoms. The van der Waals surface area contributed by atoms with Crippen LogP contribution in [0.1, 0.15) is 24.5 Å². The maximum absolute atomic E-state index is 11.1. The van der Waals surface area contributed by atoms with Crippen LogP contribution in [-0.4, -0.2) is 23.1 Å². The molecule has 0 amide bonds. The zero-order chi connectivity index (χ0) is 9.97. The number of nitrogen functional groups attached to an aromatic ring is 1. The third kappa shape index (κ3) is 1.93. The predicted octanol–water partition coefficient (Wildman–Crippen LogP) is -0.181. The van der Waals surface area contributed by atoms with Gasteiger partial charge in [0.25, 0.3) is 0 Å². The van der Waals surface area contributed by atoms with E-state index in [1.165, 1.54) is 0 Å². The second-order valence-electron chi connectivity index (χ2n) is 3.61. The van der Waals surface area contributed by atoms with E-state index in [9.17, 15) is 4.79 Å². The highest BCUT2D eigenvalue weighted by molar-refractivity contribution is 5.29. The summed E-state index contributed by atoms with van der Waals surface area (Å²) in [6, 6.07) is 1.75. The third-order valence-corrected chi connectivity index (χ3v) is 2.52. The number of hydrogen-bond donors (Lipinski definition) is 3. The maximum atomic E-state index is 11.1. The van der Waals surface area contributed by atoms with Crippen LogP contribution >= 0.6 is 0 Å². The van der Waals surface area contributed by atoms with Crippen molar-refractivity contribution < 1.29 is 0 Å². The van der Waals surface area contributed by atoms with Crippen LogP contribution in [0.15, 0.2) is 10.9 Å². The minimum atomic E-state index is -0.356. The second-order valence-corrected chi connectivity index (χ2v) is 3.61. The fourth-order valence-corrected chi connectivity index (χ4v) is 1.83. The van der Waals surface area contributed by atoms with Crippen LogP contribution in [0, 0.1) is 0 Å². The smallest absolute Gasteiger partial charge is 0.347 e. The van der Waals surface area contributed by atoms with Crippen LogP contribution in [0.25, 0.3) is 0 Å². The number of piperidine rings is 1. The summed E-state index contributed by atoms with van der Waals surface area (Å²) in [4.78, 5) is 17.4. The van der Waals surface area contributed by atoms with Crippen LogP contribution < -0.4 is 16.7 Å². The van der Waals surface area contributed by atoms with Crippen molar-refractivity contribution in [2.75, 3.05) is 18.8 Å². The molecule has 0 bridgehead atoms. The second kappa shape index (κ2) is 3.79. The summed E-state index contributed by atoms with van der Waals surface area (Å²) >= 11 is 0. The molecule has 1 unspecified atom stereocenters. The third-order valence-electron chi connectivity index (χ3n) is 2.52. The molecular formula is C9H14N4O. The van der Waals surface area contributed by atoms with Gasteiger partial charge in [0.05, 0.1) is 0 Å². The van der Waals surface area contributed by atoms with Crippen molar-refractivity contribution in [1.82, 2.24) is 15.3 Å². The molecule has 1 saturated heterocycles. The van der Waals surface area contributed by atoms with Gasteiger partial charge in [0.2, 0.25) is 0 Å². The fraction of sp³-hybridized carbons (Fsp3) is 0.556. The van der Waals surface area contributed by atoms with Gasteiger partial charge in [-0.1, -0.05) is 0 Å². The molecule has 4 N–H and O–H groups in total. The van der Waals surface area contributed by atoms with Crippen molar-refractivity contribution in [2.24, 2.45) is 0 Å². The van der Waals surface area contributed by atoms with Gasteiger partial charge in [0.15, 0.2) is 0 Å². The Labute approximate surface area is 81.7 Å². The lowest BCUT2D eigenvalue weighted by atomic mass is 9.96. The van der Waals surface area contributed by atoms with E-state index < -0.39 is 0 Å². The largest absolute Gasteiger partial charge is 0.383 e. The van der Waals surface area contributed by atoms with Crippen molar-refractivity contribution >= 4 is 5.82 Å². The molecule has 0 aromatic carbocycles.